The predicted molar refractivity (Wildman–Crippen MR) is 57.3 cm³/mol. The van der Waals surface area contributed by atoms with Gasteiger partial charge in [0.15, 0.2) is 0 Å². The first-order chi connectivity index (χ1) is 6.48. The Labute approximate surface area is 85.5 Å². The lowest BCUT2D eigenvalue weighted by Crippen LogP contribution is -2.36. The summed E-state index contributed by atoms with van der Waals surface area (Å²) < 4.78 is 1.93. The second-order valence-electron chi connectivity index (χ2n) is 5.15. The van der Waals surface area contributed by atoms with Gasteiger partial charge in [-0.2, -0.15) is 5.10 Å². The zero-order valence-electron chi connectivity index (χ0n) is 9.46. The maximum Gasteiger partial charge on any atom is 0.0725 e. The smallest absolute Gasteiger partial charge is 0.0725 e. The van der Waals surface area contributed by atoms with E-state index in [-0.39, 0.29) is 5.41 Å². The molecule has 1 aliphatic rings. The van der Waals surface area contributed by atoms with Crippen molar-refractivity contribution in [2.45, 2.75) is 38.6 Å². The van der Waals surface area contributed by atoms with Crippen molar-refractivity contribution in [3.63, 3.8) is 0 Å². The number of nitrogens with one attached hydrogen (secondary N) is 1. The van der Waals surface area contributed by atoms with Crippen LogP contribution in [-0.2, 0) is 12.5 Å². The first-order valence-electron chi connectivity index (χ1n) is 5.26. The van der Waals surface area contributed by atoms with Gasteiger partial charge in [0.1, 0.15) is 0 Å². The van der Waals surface area contributed by atoms with Gasteiger partial charge in [0.2, 0.25) is 0 Å². The van der Waals surface area contributed by atoms with Gasteiger partial charge in [0.05, 0.1) is 5.69 Å². The van der Waals surface area contributed by atoms with Gasteiger partial charge in [-0.05, 0) is 13.0 Å². The van der Waals surface area contributed by atoms with E-state index < -0.39 is 0 Å². The summed E-state index contributed by atoms with van der Waals surface area (Å²) in [5, 5.41) is 8.00. The fraction of sp³-hybridized carbons (Fsp3) is 0.727. The maximum atomic E-state index is 4.56. The molecular weight excluding hydrogens is 174 g/mol. The van der Waals surface area contributed by atoms with Crippen LogP contribution in [0, 0.1) is 0 Å². The Bertz CT molecular complexity index is 329. The van der Waals surface area contributed by atoms with Crippen molar-refractivity contribution in [2.75, 3.05) is 6.54 Å². The van der Waals surface area contributed by atoms with E-state index in [2.05, 4.69) is 37.4 Å². The van der Waals surface area contributed by atoms with Gasteiger partial charge in [-0.3, -0.25) is 4.68 Å². The average molecular weight is 193 g/mol. The summed E-state index contributed by atoms with van der Waals surface area (Å²) in [4.78, 5) is 0. The molecule has 2 rings (SSSR count). The SMILES string of the molecule is Cn1cc(C2CCN2)c(C(C)(C)C)n1. The van der Waals surface area contributed by atoms with Crippen molar-refractivity contribution in [3.8, 4) is 0 Å². The number of rotatable bonds is 1. The molecule has 1 N–H and O–H groups in total. The lowest BCUT2D eigenvalue weighted by atomic mass is 9.85. The summed E-state index contributed by atoms with van der Waals surface area (Å²) in [6, 6.07) is 0.540. The molecule has 1 fully saturated rings. The summed E-state index contributed by atoms with van der Waals surface area (Å²) >= 11 is 0. The van der Waals surface area contributed by atoms with Crippen molar-refractivity contribution in [1.29, 1.82) is 0 Å². The molecule has 0 aliphatic carbocycles. The Kier molecular flexibility index (Phi) is 2.14. The predicted octanol–water partition coefficient (Wildman–Crippen LogP) is 1.75. The van der Waals surface area contributed by atoms with Gasteiger partial charge in [0, 0.05) is 30.3 Å². The van der Waals surface area contributed by atoms with Crippen LogP contribution in [0.4, 0.5) is 0 Å². The van der Waals surface area contributed by atoms with E-state index in [0.717, 1.165) is 6.54 Å². The molecular formula is C11H19N3. The molecule has 0 spiro atoms. The number of hydrogen-bond acceptors (Lipinski definition) is 2. The van der Waals surface area contributed by atoms with Crippen LogP contribution in [0.15, 0.2) is 6.20 Å². The molecule has 1 saturated heterocycles. The van der Waals surface area contributed by atoms with E-state index in [4.69, 9.17) is 0 Å². The number of aromatic nitrogens is 2. The summed E-state index contributed by atoms with van der Waals surface area (Å²) in [5.74, 6) is 0. The lowest BCUT2D eigenvalue weighted by Gasteiger charge is -2.30. The van der Waals surface area contributed by atoms with Crippen LogP contribution in [0.3, 0.4) is 0 Å². The second-order valence-corrected chi connectivity index (χ2v) is 5.15. The molecule has 0 saturated carbocycles. The van der Waals surface area contributed by atoms with Crippen LogP contribution in [-0.4, -0.2) is 16.3 Å². The quantitative estimate of drug-likeness (QED) is 0.736. The Morgan fingerprint density at radius 2 is 2.14 bits per heavy atom. The largest absolute Gasteiger partial charge is 0.310 e. The normalized spacial score (nSPS) is 22.1. The molecule has 0 bridgehead atoms. The van der Waals surface area contributed by atoms with Gasteiger partial charge >= 0.3 is 0 Å². The monoisotopic (exact) mass is 193 g/mol. The maximum absolute atomic E-state index is 4.56. The van der Waals surface area contributed by atoms with E-state index in [9.17, 15) is 0 Å². The molecule has 78 valence electrons. The van der Waals surface area contributed by atoms with Crippen molar-refractivity contribution in [3.05, 3.63) is 17.5 Å². The highest BCUT2D eigenvalue weighted by Crippen LogP contribution is 2.32. The van der Waals surface area contributed by atoms with Gasteiger partial charge in [-0.25, -0.2) is 0 Å². The van der Waals surface area contributed by atoms with E-state index in [1.807, 2.05) is 11.7 Å². The van der Waals surface area contributed by atoms with E-state index in [1.54, 1.807) is 0 Å². The van der Waals surface area contributed by atoms with Crippen molar-refractivity contribution in [2.24, 2.45) is 7.05 Å². The number of nitrogens with zero attached hydrogens (tertiary/aromatic N) is 2. The van der Waals surface area contributed by atoms with Crippen molar-refractivity contribution < 1.29 is 0 Å². The third kappa shape index (κ3) is 1.57. The minimum atomic E-state index is 0.147. The molecule has 3 nitrogen and oxygen atoms in total. The fourth-order valence-electron chi connectivity index (χ4n) is 1.90. The van der Waals surface area contributed by atoms with Crippen LogP contribution < -0.4 is 5.32 Å². The first-order valence-corrected chi connectivity index (χ1v) is 5.26. The molecule has 2 heterocycles. The third-order valence-corrected chi connectivity index (χ3v) is 2.77. The second kappa shape index (κ2) is 3.09. The number of aryl methyl sites for hydroxylation is 1. The molecule has 14 heavy (non-hydrogen) atoms. The summed E-state index contributed by atoms with van der Waals surface area (Å²) in [7, 11) is 2.00. The fourth-order valence-corrected chi connectivity index (χ4v) is 1.90. The highest BCUT2D eigenvalue weighted by Gasteiger charge is 2.29. The molecule has 1 aromatic heterocycles. The molecule has 0 amide bonds. The van der Waals surface area contributed by atoms with Gasteiger partial charge < -0.3 is 5.32 Å². The Hall–Kier alpha value is -0.830. The Morgan fingerprint density at radius 1 is 1.50 bits per heavy atom. The van der Waals surface area contributed by atoms with Crippen molar-refractivity contribution >= 4 is 0 Å². The highest BCUT2D eigenvalue weighted by molar-refractivity contribution is 5.28. The van der Waals surface area contributed by atoms with Crippen LogP contribution in [0.25, 0.3) is 0 Å². The standard InChI is InChI=1S/C11H19N3/c1-11(2,3)10-8(7-14(4)13-10)9-5-6-12-9/h7,9,12H,5-6H2,1-4H3. The molecule has 1 atom stereocenters. The molecule has 1 unspecified atom stereocenters. The van der Waals surface area contributed by atoms with E-state index >= 15 is 0 Å². The molecule has 1 aliphatic heterocycles. The number of hydrogen-bond donors (Lipinski definition) is 1. The lowest BCUT2D eigenvalue weighted by molar-refractivity contribution is 0.375. The Morgan fingerprint density at radius 3 is 2.57 bits per heavy atom. The highest BCUT2D eigenvalue weighted by atomic mass is 15.3. The molecule has 0 aromatic carbocycles. The summed E-state index contributed by atoms with van der Waals surface area (Å²) in [6.45, 7) is 7.80. The zero-order valence-corrected chi connectivity index (χ0v) is 9.46. The van der Waals surface area contributed by atoms with E-state index in [0.29, 0.717) is 6.04 Å². The summed E-state index contributed by atoms with van der Waals surface area (Å²) in [6.07, 6.45) is 3.40. The van der Waals surface area contributed by atoms with Crippen LogP contribution in [0.2, 0.25) is 0 Å². The van der Waals surface area contributed by atoms with Gasteiger partial charge in [0.25, 0.3) is 0 Å². The topological polar surface area (TPSA) is 29.9 Å². The molecule has 3 heteroatoms. The van der Waals surface area contributed by atoms with Crippen LogP contribution in [0.1, 0.15) is 44.5 Å². The first kappa shape index (κ1) is 9.71. The van der Waals surface area contributed by atoms with Crippen LogP contribution in [0.5, 0.6) is 0 Å². The minimum Gasteiger partial charge on any atom is -0.310 e. The minimum absolute atomic E-state index is 0.147. The third-order valence-electron chi connectivity index (χ3n) is 2.77. The zero-order chi connectivity index (χ0) is 10.3. The van der Waals surface area contributed by atoms with Gasteiger partial charge in [-0.15, -0.1) is 0 Å². The average Bonchev–Trinajstić information content (AvgIpc) is 2.26. The molecule has 1 aromatic rings. The Balaban J connectivity index is 2.37. The van der Waals surface area contributed by atoms with Gasteiger partial charge in [-0.1, -0.05) is 20.8 Å². The van der Waals surface area contributed by atoms with E-state index in [1.165, 1.54) is 17.7 Å². The molecule has 0 radical (unpaired) electrons. The van der Waals surface area contributed by atoms with Crippen molar-refractivity contribution in [1.82, 2.24) is 15.1 Å². The van der Waals surface area contributed by atoms with Crippen LogP contribution >= 0.6 is 0 Å². The summed E-state index contributed by atoms with van der Waals surface area (Å²) in [5.41, 5.74) is 2.76.